The summed E-state index contributed by atoms with van der Waals surface area (Å²) in [6.07, 6.45) is 0. The van der Waals surface area contributed by atoms with Crippen molar-refractivity contribution in [1.82, 2.24) is 15.0 Å². The van der Waals surface area contributed by atoms with Crippen LogP contribution in [-0.4, -0.2) is 66.3 Å². The van der Waals surface area contributed by atoms with Gasteiger partial charge in [0.05, 0.1) is 58.5 Å². The van der Waals surface area contributed by atoms with E-state index in [1.807, 2.05) is 22.9 Å². The zero-order valence-electron chi connectivity index (χ0n) is 17.5. The molecule has 0 aliphatic carbocycles. The lowest BCUT2D eigenvalue weighted by Crippen LogP contribution is -2.14. The highest BCUT2D eigenvalue weighted by Gasteiger charge is 2.22. The predicted molar refractivity (Wildman–Crippen MR) is 118 cm³/mol. The van der Waals surface area contributed by atoms with E-state index in [0.29, 0.717) is 46.2 Å². The van der Waals surface area contributed by atoms with E-state index in [2.05, 4.69) is 46.0 Å². The Balaban J connectivity index is 1.40. The van der Waals surface area contributed by atoms with Crippen molar-refractivity contribution < 1.29 is 19.3 Å². The second-order valence-corrected chi connectivity index (χ2v) is 7.13. The van der Waals surface area contributed by atoms with Crippen molar-refractivity contribution in [2.75, 3.05) is 51.6 Å². The van der Waals surface area contributed by atoms with Crippen LogP contribution in [0.15, 0.2) is 48.5 Å². The molecule has 2 N–H and O–H groups in total. The topological polar surface area (TPSA) is 90.7 Å². The summed E-state index contributed by atoms with van der Waals surface area (Å²) in [5, 5.41) is 21.1. The molecule has 0 spiro atoms. The van der Waals surface area contributed by atoms with E-state index in [1.54, 1.807) is 0 Å². The number of para-hydroxylation sites is 1. The molecule has 0 radical (unpaired) electrons. The maximum Gasteiger partial charge on any atom is 0.123 e. The molecular weight excluding hydrogens is 396 g/mol. The van der Waals surface area contributed by atoms with Gasteiger partial charge in [-0.1, -0.05) is 47.7 Å². The molecule has 0 fully saturated rings. The van der Waals surface area contributed by atoms with Crippen molar-refractivity contribution in [1.29, 1.82) is 0 Å². The summed E-state index contributed by atoms with van der Waals surface area (Å²) in [6, 6.07) is 16.6. The molecule has 164 valence electrons. The van der Waals surface area contributed by atoms with Gasteiger partial charge in [0, 0.05) is 23.4 Å². The molecule has 3 aromatic rings. The molecule has 0 saturated heterocycles. The number of hydrogen-bond acceptors (Lipinski definition) is 7. The lowest BCUT2D eigenvalue weighted by Gasteiger charge is -2.19. The van der Waals surface area contributed by atoms with Crippen LogP contribution in [0.3, 0.4) is 0 Å². The Morgan fingerprint density at radius 1 is 0.839 bits per heavy atom. The average Bonchev–Trinajstić information content (AvgIpc) is 3.21. The molecule has 0 unspecified atom stereocenters. The number of aromatic nitrogens is 3. The van der Waals surface area contributed by atoms with Gasteiger partial charge in [0.2, 0.25) is 0 Å². The van der Waals surface area contributed by atoms with Gasteiger partial charge in [-0.15, -0.1) is 5.10 Å². The summed E-state index contributed by atoms with van der Waals surface area (Å²) in [5.74, 6) is 0. The smallest absolute Gasteiger partial charge is 0.123 e. The number of anilines is 1. The van der Waals surface area contributed by atoms with Crippen LogP contribution in [0.2, 0.25) is 0 Å². The van der Waals surface area contributed by atoms with E-state index < -0.39 is 0 Å². The molecule has 8 nitrogen and oxygen atoms in total. The fraction of sp³-hybridized carbons (Fsp3) is 0.391. The van der Waals surface area contributed by atoms with Crippen molar-refractivity contribution in [2.24, 2.45) is 0 Å². The van der Waals surface area contributed by atoms with E-state index in [1.165, 1.54) is 5.56 Å². The van der Waals surface area contributed by atoms with Gasteiger partial charge < -0.3 is 24.6 Å². The normalized spacial score (nSPS) is 12.3. The highest BCUT2D eigenvalue weighted by atomic mass is 16.5. The number of ether oxygens (including phenoxy) is 3. The third kappa shape index (κ3) is 5.29. The van der Waals surface area contributed by atoms with Crippen molar-refractivity contribution in [3.8, 4) is 22.5 Å². The van der Waals surface area contributed by atoms with E-state index in [9.17, 15) is 0 Å². The minimum atomic E-state index is 0.0294. The van der Waals surface area contributed by atoms with Crippen LogP contribution in [0.5, 0.6) is 0 Å². The number of nitrogens with zero attached hydrogens (tertiary/aromatic N) is 3. The maximum absolute atomic E-state index is 8.65. The predicted octanol–water partition coefficient (Wildman–Crippen LogP) is 2.58. The lowest BCUT2D eigenvalue weighted by molar-refractivity contribution is 0.00632. The molecular formula is C23H28N4O4. The minimum Gasteiger partial charge on any atom is -0.394 e. The Morgan fingerprint density at radius 2 is 1.52 bits per heavy atom. The molecule has 0 bridgehead atoms. The van der Waals surface area contributed by atoms with Gasteiger partial charge in [-0.3, -0.25) is 0 Å². The van der Waals surface area contributed by atoms with Crippen LogP contribution in [-0.2, 0) is 27.3 Å². The summed E-state index contributed by atoms with van der Waals surface area (Å²) in [5.41, 5.74) is 6.35. The molecule has 8 heteroatoms. The highest BCUT2D eigenvalue weighted by Crippen LogP contribution is 2.38. The van der Waals surface area contributed by atoms with Crippen molar-refractivity contribution in [3.05, 3.63) is 54.1 Å². The Bertz CT molecular complexity index is 976. The van der Waals surface area contributed by atoms with Gasteiger partial charge in [-0.2, -0.15) is 0 Å². The van der Waals surface area contributed by atoms with Gasteiger partial charge in [-0.25, -0.2) is 4.68 Å². The van der Waals surface area contributed by atoms with Crippen LogP contribution >= 0.6 is 0 Å². The summed E-state index contributed by atoms with van der Waals surface area (Å²) < 4.78 is 18.3. The minimum absolute atomic E-state index is 0.0294. The van der Waals surface area contributed by atoms with Gasteiger partial charge in [0.25, 0.3) is 0 Å². The molecule has 0 saturated carbocycles. The van der Waals surface area contributed by atoms with Crippen LogP contribution in [0.25, 0.3) is 22.5 Å². The third-order valence-electron chi connectivity index (χ3n) is 5.09. The molecule has 4 rings (SSSR count). The number of aliphatic hydroxyl groups is 1. The molecule has 1 aromatic heterocycles. The zero-order valence-corrected chi connectivity index (χ0v) is 17.5. The number of hydrogen-bond donors (Lipinski definition) is 2. The third-order valence-corrected chi connectivity index (χ3v) is 5.09. The second-order valence-electron chi connectivity index (χ2n) is 7.13. The van der Waals surface area contributed by atoms with Crippen molar-refractivity contribution in [2.45, 2.75) is 13.1 Å². The monoisotopic (exact) mass is 424 g/mol. The fourth-order valence-electron chi connectivity index (χ4n) is 3.61. The Morgan fingerprint density at radius 3 is 2.32 bits per heavy atom. The van der Waals surface area contributed by atoms with Gasteiger partial charge >= 0.3 is 0 Å². The number of nitrogens with one attached hydrogen (secondary N) is 1. The lowest BCUT2D eigenvalue weighted by atomic mass is 9.97. The van der Waals surface area contributed by atoms with E-state index in [4.69, 9.17) is 19.3 Å². The first-order chi connectivity index (χ1) is 15.4. The quantitative estimate of drug-likeness (QED) is 0.457. The summed E-state index contributed by atoms with van der Waals surface area (Å²) in [7, 11) is 0. The molecule has 0 amide bonds. The molecule has 1 aliphatic heterocycles. The summed E-state index contributed by atoms with van der Waals surface area (Å²) in [4.78, 5) is 0. The van der Waals surface area contributed by atoms with E-state index in [0.717, 1.165) is 34.7 Å². The average molecular weight is 425 g/mol. The zero-order chi connectivity index (χ0) is 21.3. The molecule has 2 aromatic carbocycles. The van der Waals surface area contributed by atoms with Crippen molar-refractivity contribution in [3.63, 3.8) is 0 Å². The second kappa shape index (κ2) is 11.0. The summed E-state index contributed by atoms with van der Waals surface area (Å²) >= 11 is 0. The van der Waals surface area contributed by atoms with E-state index >= 15 is 0 Å². The van der Waals surface area contributed by atoms with Gasteiger partial charge in [0.15, 0.2) is 0 Å². The molecule has 1 aliphatic rings. The van der Waals surface area contributed by atoms with Gasteiger partial charge in [-0.05, 0) is 11.6 Å². The van der Waals surface area contributed by atoms with Crippen LogP contribution in [0.4, 0.5) is 5.69 Å². The maximum atomic E-state index is 8.65. The first kappa shape index (κ1) is 21.5. The summed E-state index contributed by atoms with van der Waals surface area (Å²) in [6.45, 7) is 4.20. The van der Waals surface area contributed by atoms with Crippen LogP contribution in [0, 0.1) is 0 Å². The first-order valence-electron chi connectivity index (χ1n) is 10.6. The number of benzene rings is 2. The number of fused-ring (bicyclic) bond motifs is 5. The molecule has 0 atom stereocenters. The SMILES string of the molecule is OCCOCCOCCOCCn1nnc2c1-c1ccccc1CNc1ccccc1-2. The van der Waals surface area contributed by atoms with E-state index in [-0.39, 0.29) is 6.61 Å². The van der Waals surface area contributed by atoms with Crippen LogP contribution < -0.4 is 5.32 Å². The Labute approximate surface area is 181 Å². The first-order valence-corrected chi connectivity index (χ1v) is 10.6. The molecule has 2 heterocycles. The Hall–Kier alpha value is -2.78. The van der Waals surface area contributed by atoms with Crippen molar-refractivity contribution >= 4 is 5.69 Å². The Kier molecular flexibility index (Phi) is 7.62. The fourth-order valence-corrected chi connectivity index (χ4v) is 3.61. The largest absolute Gasteiger partial charge is 0.394 e. The number of aliphatic hydroxyl groups excluding tert-OH is 1. The highest BCUT2D eigenvalue weighted by molar-refractivity contribution is 5.87. The van der Waals surface area contributed by atoms with Gasteiger partial charge in [0.1, 0.15) is 5.69 Å². The standard InChI is InChI=1S/C23H28N4O4/c28-10-12-30-14-16-31-15-13-29-11-9-27-23-19-6-2-1-5-18(19)17-24-21-8-4-3-7-20(21)22(23)25-26-27/h1-8,24,28H,9-17H2. The number of rotatable bonds is 11. The van der Waals surface area contributed by atoms with Crippen LogP contribution in [0.1, 0.15) is 5.56 Å². The molecule has 31 heavy (non-hydrogen) atoms.